The first kappa shape index (κ1) is 16.0. The maximum atomic E-state index is 12.2. The van der Waals surface area contributed by atoms with E-state index < -0.39 is 5.97 Å². The highest BCUT2D eigenvalue weighted by Crippen LogP contribution is 2.26. The number of hydrogen-bond acceptors (Lipinski definition) is 6. The van der Waals surface area contributed by atoms with Crippen LogP contribution in [-0.4, -0.2) is 23.7 Å². The number of nitrogen functional groups attached to an aromatic ring is 1. The number of carbonyl (C=O) groups is 1. The van der Waals surface area contributed by atoms with Crippen LogP contribution >= 0.6 is 0 Å². The number of esters is 1. The molecule has 0 amide bonds. The Morgan fingerprint density at radius 1 is 1.50 bits per heavy atom. The molecule has 6 nitrogen and oxygen atoms in total. The molecule has 6 heteroatoms. The van der Waals surface area contributed by atoms with Crippen LogP contribution in [0.5, 0.6) is 5.75 Å². The van der Waals surface area contributed by atoms with Crippen molar-refractivity contribution in [1.82, 2.24) is 4.98 Å². The van der Waals surface area contributed by atoms with Gasteiger partial charge >= 0.3 is 5.97 Å². The number of hydrogen-bond donors (Lipinski definition) is 2. The number of nitrogens with zero attached hydrogens (tertiary/aromatic N) is 1. The first-order valence-corrected chi connectivity index (χ1v) is 7.25. The molecule has 118 valence electrons. The van der Waals surface area contributed by atoms with Gasteiger partial charge in [-0.15, -0.1) is 0 Å². The van der Waals surface area contributed by atoms with Crippen LogP contribution in [0.15, 0.2) is 36.1 Å². The van der Waals surface area contributed by atoms with Crippen molar-refractivity contribution in [3.8, 4) is 5.75 Å². The lowest BCUT2D eigenvalue weighted by Gasteiger charge is -2.16. The number of nitrogens with two attached hydrogens (primary N) is 1. The van der Waals surface area contributed by atoms with Crippen molar-refractivity contribution < 1.29 is 14.3 Å². The Bertz CT molecular complexity index is 594. The lowest BCUT2D eigenvalue weighted by molar-refractivity contribution is 0.0374. The fraction of sp³-hybridized carbons (Fsp3) is 0.375. The fourth-order valence-electron chi connectivity index (χ4n) is 2.09. The lowest BCUT2D eigenvalue weighted by Crippen LogP contribution is -2.19. The van der Waals surface area contributed by atoms with E-state index in [0.29, 0.717) is 12.4 Å². The molecule has 0 fully saturated rings. The minimum atomic E-state index is -0.511. The van der Waals surface area contributed by atoms with Gasteiger partial charge in [0.1, 0.15) is 17.9 Å². The smallest absolute Gasteiger partial charge is 0.346 e. The van der Waals surface area contributed by atoms with E-state index in [-0.39, 0.29) is 17.5 Å². The van der Waals surface area contributed by atoms with Crippen LogP contribution in [0.25, 0.3) is 0 Å². The Labute approximate surface area is 130 Å². The van der Waals surface area contributed by atoms with Crippen LogP contribution < -0.4 is 16.0 Å². The van der Waals surface area contributed by atoms with Crippen LogP contribution in [0.1, 0.15) is 37.0 Å². The largest absolute Gasteiger partial charge is 0.488 e. The standard InChI is InChI=1S/C16H21N3O3/c1-11(2)22-16(20)14-13(8-9-18-15(14)19-17)21-10-12-6-4-3-5-7-12/h3-4,6,8-9,11H,5,7,10,17H2,1-2H3,(H,18,19). The van der Waals surface area contributed by atoms with Gasteiger partial charge in [0.05, 0.1) is 6.10 Å². The summed E-state index contributed by atoms with van der Waals surface area (Å²) >= 11 is 0. The molecule has 0 saturated heterocycles. The number of carbonyl (C=O) groups excluding carboxylic acids is 1. The van der Waals surface area contributed by atoms with Crippen LogP contribution in [-0.2, 0) is 4.74 Å². The molecule has 1 aromatic rings. The second-order valence-corrected chi connectivity index (χ2v) is 5.21. The number of pyridine rings is 1. The molecule has 0 aromatic carbocycles. The molecule has 1 aliphatic carbocycles. The molecule has 1 aliphatic rings. The number of nitrogens with one attached hydrogen (secondary N) is 1. The van der Waals surface area contributed by atoms with Gasteiger partial charge in [-0.25, -0.2) is 15.6 Å². The molecule has 0 bridgehead atoms. The third-order valence-corrected chi connectivity index (χ3v) is 3.11. The van der Waals surface area contributed by atoms with Gasteiger partial charge in [0.2, 0.25) is 0 Å². The molecule has 1 aromatic heterocycles. The van der Waals surface area contributed by atoms with Gasteiger partial charge in [-0.1, -0.05) is 18.2 Å². The Hall–Kier alpha value is -2.34. The molecule has 1 heterocycles. The number of hydrazine groups is 1. The molecule has 0 aliphatic heterocycles. The third-order valence-electron chi connectivity index (χ3n) is 3.11. The Balaban J connectivity index is 2.20. The van der Waals surface area contributed by atoms with Crippen LogP contribution in [0.4, 0.5) is 5.82 Å². The van der Waals surface area contributed by atoms with Crippen molar-refractivity contribution in [1.29, 1.82) is 0 Å². The van der Waals surface area contributed by atoms with E-state index >= 15 is 0 Å². The predicted octanol–water partition coefficient (Wildman–Crippen LogP) is 2.59. The summed E-state index contributed by atoms with van der Waals surface area (Å²) in [6.45, 7) is 3.98. The summed E-state index contributed by atoms with van der Waals surface area (Å²) in [6.07, 6.45) is 9.40. The zero-order valence-electron chi connectivity index (χ0n) is 12.8. The molecular formula is C16H21N3O3. The molecule has 0 unspecified atom stereocenters. The maximum Gasteiger partial charge on any atom is 0.346 e. The molecule has 0 spiro atoms. The van der Waals surface area contributed by atoms with E-state index in [1.807, 2.05) is 12.2 Å². The normalized spacial score (nSPS) is 13.7. The van der Waals surface area contributed by atoms with E-state index in [1.54, 1.807) is 19.9 Å². The van der Waals surface area contributed by atoms with E-state index in [1.165, 1.54) is 11.8 Å². The minimum absolute atomic E-state index is 0.214. The van der Waals surface area contributed by atoms with E-state index in [2.05, 4.69) is 16.5 Å². The predicted molar refractivity (Wildman–Crippen MR) is 84.6 cm³/mol. The number of allylic oxidation sites excluding steroid dienone is 3. The Morgan fingerprint density at radius 3 is 2.95 bits per heavy atom. The van der Waals surface area contributed by atoms with Crippen LogP contribution in [0.2, 0.25) is 0 Å². The summed E-state index contributed by atoms with van der Waals surface area (Å²) in [4.78, 5) is 16.3. The number of ether oxygens (including phenoxy) is 2. The Morgan fingerprint density at radius 2 is 2.32 bits per heavy atom. The highest BCUT2D eigenvalue weighted by atomic mass is 16.5. The van der Waals surface area contributed by atoms with Gasteiger partial charge in [0, 0.05) is 6.20 Å². The minimum Gasteiger partial charge on any atom is -0.488 e. The van der Waals surface area contributed by atoms with Gasteiger partial charge in [0.15, 0.2) is 5.82 Å². The molecule has 0 atom stereocenters. The quantitative estimate of drug-likeness (QED) is 0.477. The summed E-state index contributed by atoms with van der Waals surface area (Å²) in [5.74, 6) is 5.56. The molecule has 0 saturated carbocycles. The number of anilines is 1. The first-order valence-electron chi connectivity index (χ1n) is 7.25. The SMILES string of the molecule is CC(C)OC(=O)c1c(OCC2=CC=CCC2)ccnc1NN. The van der Waals surface area contributed by atoms with Crippen molar-refractivity contribution in [3.63, 3.8) is 0 Å². The summed E-state index contributed by atoms with van der Waals surface area (Å²) in [6, 6.07) is 1.64. The fourth-order valence-corrected chi connectivity index (χ4v) is 2.09. The topological polar surface area (TPSA) is 86.5 Å². The van der Waals surface area contributed by atoms with Crippen molar-refractivity contribution in [2.24, 2.45) is 5.84 Å². The van der Waals surface area contributed by atoms with Gasteiger partial charge in [-0.05, 0) is 38.3 Å². The molecule has 2 rings (SSSR count). The van der Waals surface area contributed by atoms with Crippen LogP contribution in [0.3, 0.4) is 0 Å². The summed E-state index contributed by atoms with van der Waals surface area (Å²) in [5.41, 5.74) is 3.79. The van der Waals surface area contributed by atoms with Crippen molar-refractivity contribution in [2.45, 2.75) is 32.8 Å². The highest BCUT2D eigenvalue weighted by molar-refractivity contribution is 5.97. The van der Waals surface area contributed by atoms with Crippen molar-refractivity contribution in [3.05, 3.63) is 41.6 Å². The summed E-state index contributed by atoms with van der Waals surface area (Å²) < 4.78 is 11.0. The average molecular weight is 303 g/mol. The van der Waals surface area contributed by atoms with Gasteiger partial charge < -0.3 is 14.9 Å². The zero-order valence-corrected chi connectivity index (χ0v) is 12.8. The molecular weight excluding hydrogens is 282 g/mol. The monoisotopic (exact) mass is 303 g/mol. The first-order chi connectivity index (χ1) is 10.6. The van der Waals surface area contributed by atoms with E-state index in [4.69, 9.17) is 15.3 Å². The van der Waals surface area contributed by atoms with E-state index in [0.717, 1.165) is 12.8 Å². The molecule has 3 N–H and O–H groups in total. The van der Waals surface area contributed by atoms with Gasteiger partial charge in [0.25, 0.3) is 0 Å². The van der Waals surface area contributed by atoms with E-state index in [9.17, 15) is 4.79 Å². The molecule has 0 radical (unpaired) electrons. The zero-order chi connectivity index (χ0) is 15.9. The average Bonchev–Trinajstić information content (AvgIpc) is 2.52. The van der Waals surface area contributed by atoms with Crippen LogP contribution in [0, 0.1) is 0 Å². The maximum absolute atomic E-state index is 12.2. The summed E-state index contributed by atoms with van der Waals surface area (Å²) in [7, 11) is 0. The van der Waals surface area contributed by atoms with Crippen molar-refractivity contribution in [2.75, 3.05) is 12.0 Å². The van der Waals surface area contributed by atoms with Crippen molar-refractivity contribution >= 4 is 11.8 Å². The lowest BCUT2D eigenvalue weighted by atomic mass is 10.1. The van der Waals surface area contributed by atoms with Gasteiger partial charge in [-0.2, -0.15) is 0 Å². The third kappa shape index (κ3) is 4.08. The second-order valence-electron chi connectivity index (χ2n) is 5.21. The Kier molecular flexibility index (Phi) is 5.55. The number of rotatable bonds is 6. The highest BCUT2D eigenvalue weighted by Gasteiger charge is 2.21. The van der Waals surface area contributed by atoms with Gasteiger partial charge in [-0.3, -0.25) is 0 Å². The molecule has 22 heavy (non-hydrogen) atoms. The summed E-state index contributed by atoms with van der Waals surface area (Å²) in [5, 5.41) is 0. The number of aromatic nitrogens is 1. The second kappa shape index (κ2) is 7.61.